The molecule has 1 aliphatic rings. The molecule has 0 spiro atoms. The van der Waals surface area contributed by atoms with Gasteiger partial charge in [0, 0.05) is 6.54 Å². The van der Waals surface area contributed by atoms with E-state index < -0.39 is 24.1 Å². The summed E-state index contributed by atoms with van der Waals surface area (Å²) in [6.45, 7) is 0.369. The topological polar surface area (TPSA) is 170 Å². The van der Waals surface area contributed by atoms with E-state index in [4.69, 9.17) is 11.1 Å². The lowest BCUT2D eigenvalue weighted by Crippen LogP contribution is -2.52. The van der Waals surface area contributed by atoms with E-state index in [2.05, 4.69) is 20.9 Å². The van der Waals surface area contributed by atoms with E-state index in [9.17, 15) is 19.5 Å². The third-order valence-electron chi connectivity index (χ3n) is 6.03. The molecular formula is C23H32N6O4S. The number of guanidine groups is 1. The molecule has 0 saturated heterocycles. The number of nitrogens with zero attached hydrogens (tertiary/aromatic N) is 1. The highest BCUT2D eigenvalue weighted by Crippen LogP contribution is 2.28. The summed E-state index contributed by atoms with van der Waals surface area (Å²) < 4.78 is 0.872. The van der Waals surface area contributed by atoms with Crippen LogP contribution in [0.5, 0.6) is 0 Å². The fraction of sp³-hybridized carbons (Fsp3) is 0.522. The van der Waals surface area contributed by atoms with Gasteiger partial charge in [-0.2, -0.15) is 0 Å². The molecule has 1 aromatic carbocycles. The molecule has 1 saturated carbocycles. The number of amides is 2. The van der Waals surface area contributed by atoms with Gasteiger partial charge in [0.05, 0.1) is 16.3 Å². The average Bonchev–Trinajstić information content (AvgIpc) is 3.24. The van der Waals surface area contributed by atoms with Gasteiger partial charge in [-0.1, -0.05) is 44.2 Å². The second-order valence-corrected chi connectivity index (χ2v) is 9.67. The predicted octanol–water partition coefficient (Wildman–Crippen LogP) is 2.83. The Morgan fingerprint density at radius 3 is 2.56 bits per heavy atom. The third-order valence-corrected chi connectivity index (χ3v) is 7.08. The molecule has 0 aliphatic heterocycles. The number of thiazole rings is 1. The van der Waals surface area contributed by atoms with Crippen molar-refractivity contribution in [3.05, 3.63) is 29.3 Å². The van der Waals surface area contributed by atoms with Gasteiger partial charge >= 0.3 is 6.09 Å². The minimum atomic E-state index is -1.27. The summed E-state index contributed by atoms with van der Waals surface area (Å²) in [5, 5.41) is 24.7. The van der Waals surface area contributed by atoms with Crippen LogP contribution in [-0.4, -0.2) is 52.5 Å². The van der Waals surface area contributed by atoms with Crippen molar-refractivity contribution in [2.24, 2.45) is 11.7 Å². The summed E-state index contributed by atoms with van der Waals surface area (Å²) in [5.41, 5.74) is 6.03. The van der Waals surface area contributed by atoms with E-state index in [1.165, 1.54) is 11.3 Å². The van der Waals surface area contributed by atoms with Gasteiger partial charge in [-0.25, -0.2) is 9.78 Å². The number of benzene rings is 1. The van der Waals surface area contributed by atoms with Crippen molar-refractivity contribution in [2.75, 3.05) is 6.54 Å². The van der Waals surface area contributed by atoms with Crippen molar-refractivity contribution in [2.45, 2.75) is 63.5 Å². The number of carbonyl (C=O) groups is 3. The Balaban J connectivity index is 1.74. The monoisotopic (exact) mass is 488 g/mol. The van der Waals surface area contributed by atoms with Crippen LogP contribution in [0.3, 0.4) is 0 Å². The van der Waals surface area contributed by atoms with Crippen LogP contribution < -0.4 is 21.7 Å². The molecule has 7 N–H and O–H groups in total. The smallest absolute Gasteiger partial charge is 0.405 e. The van der Waals surface area contributed by atoms with Crippen molar-refractivity contribution in [3.63, 3.8) is 0 Å². The molecule has 0 radical (unpaired) electrons. The molecule has 0 bridgehead atoms. The Bertz CT molecular complexity index is 987. The summed E-state index contributed by atoms with van der Waals surface area (Å²) in [6.07, 6.45) is 5.16. The standard InChI is InChI=1S/C23H32N6O4S/c24-22(25)26-12-6-10-16(19(30)21-28-15-9-4-5-11-18(15)34-21)27-20(31)17(29-23(32)33)13-14-7-2-1-3-8-14/h4-5,9,11,14,16-17,29H,1-3,6-8,10,12-13H2,(H,27,31)(H,32,33)(H4,24,25,26). The van der Waals surface area contributed by atoms with Crippen molar-refractivity contribution in [1.82, 2.24) is 20.9 Å². The largest absolute Gasteiger partial charge is 0.465 e. The highest BCUT2D eigenvalue weighted by Gasteiger charge is 2.30. The maximum absolute atomic E-state index is 13.3. The van der Waals surface area contributed by atoms with Gasteiger partial charge in [-0.05, 0) is 37.3 Å². The fourth-order valence-electron chi connectivity index (χ4n) is 4.33. The minimum Gasteiger partial charge on any atom is -0.465 e. The van der Waals surface area contributed by atoms with Gasteiger partial charge < -0.3 is 26.8 Å². The first-order chi connectivity index (χ1) is 16.3. The van der Waals surface area contributed by atoms with Gasteiger partial charge in [0.2, 0.25) is 11.7 Å². The molecule has 11 heteroatoms. The van der Waals surface area contributed by atoms with Crippen LogP contribution >= 0.6 is 11.3 Å². The summed E-state index contributed by atoms with van der Waals surface area (Å²) >= 11 is 1.26. The number of carbonyl (C=O) groups excluding carboxylic acids is 2. The third kappa shape index (κ3) is 7.41. The van der Waals surface area contributed by atoms with E-state index in [-0.39, 0.29) is 17.7 Å². The van der Waals surface area contributed by atoms with Crippen LogP contribution in [0.2, 0.25) is 0 Å². The molecular weight excluding hydrogens is 456 g/mol. The number of hydrogen-bond acceptors (Lipinski definition) is 6. The minimum absolute atomic E-state index is 0.170. The number of fused-ring (bicyclic) bond motifs is 1. The Morgan fingerprint density at radius 2 is 1.88 bits per heavy atom. The second-order valence-electron chi connectivity index (χ2n) is 8.64. The Labute approximate surface area is 202 Å². The van der Waals surface area contributed by atoms with Gasteiger partial charge in [0.25, 0.3) is 0 Å². The van der Waals surface area contributed by atoms with Crippen molar-refractivity contribution in [3.8, 4) is 0 Å². The number of hydrogen-bond donors (Lipinski definition) is 6. The number of nitrogens with two attached hydrogens (primary N) is 1. The molecule has 2 amide bonds. The Hall–Kier alpha value is -3.21. The summed E-state index contributed by atoms with van der Waals surface area (Å²) in [6, 6.07) is 5.62. The first kappa shape index (κ1) is 25.4. The fourth-order valence-corrected chi connectivity index (χ4v) is 5.29. The summed E-state index contributed by atoms with van der Waals surface area (Å²) in [5.74, 6) is -0.720. The van der Waals surface area contributed by atoms with Crippen molar-refractivity contribution in [1.29, 1.82) is 5.41 Å². The maximum atomic E-state index is 13.3. The summed E-state index contributed by atoms with van der Waals surface area (Å²) in [7, 11) is 0. The molecule has 1 aromatic heterocycles. The Kier molecular flexibility index (Phi) is 9.20. The molecule has 2 atom stereocenters. The SMILES string of the molecule is N=C(N)NCCCC(NC(=O)C(CC1CCCCC1)NC(=O)O)C(=O)c1nc2ccccc2s1. The zero-order valence-electron chi connectivity index (χ0n) is 19.0. The number of Topliss-reactive ketones (excluding diaryl/α,β-unsaturated/α-hetero) is 1. The van der Waals surface area contributed by atoms with Gasteiger partial charge in [-0.3, -0.25) is 15.0 Å². The van der Waals surface area contributed by atoms with Crippen LogP contribution in [0.1, 0.15) is 61.2 Å². The zero-order valence-corrected chi connectivity index (χ0v) is 19.8. The van der Waals surface area contributed by atoms with E-state index >= 15 is 0 Å². The molecule has 3 rings (SSSR count). The predicted molar refractivity (Wildman–Crippen MR) is 131 cm³/mol. The Morgan fingerprint density at radius 1 is 1.15 bits per heavy atom. The van der Waals surface area contributed by atoms with Crippen LogP contribution in [0, 0.1) is 11.3 Å². The molecule has 10 nitrogen and oxygen atoms in total. The van der Waals surface area contributed by atoms with E-state index in [1.54, 1.807) is 0 Å². The van der Waals surface area contributed by atoms with Gasteiger partial charge in [-0.15, -0.1) is 11.3 Å². The van der Waals surface area contributed by atoms with Gasteiger partial charge in [0.15, 0.2) is 11.0 Å². The molecule has 1 aliphatic carbocycles. The highest BCUT2D eigenvalue weighted by atomic mass is 32.1. The number of carboxylic acid groups (broad SMARTS) is 1. The number of para-hydroxylation sites is 1. The first-order valence-electron chi connectivity index (χ1n) is 11.6. The normalized spacial score (nSPS) is 15.9. The lowest BCUT2D eigenvalue weighted by Gasteiger charge is -2.27. The van der Waals surface area contributed by atoms with Crippen molar-refractivity contribution < 1.29 is 19.5 Å². The zero-order chi connectivity index (χ0) is 24.5. The molecule has 2 unspecified atom stereocenters. The lowest BCUT2D eigenvalue weighted by molar-refractivity contribution is -0.124. The van der Waals surface area contributed by atoms with E-state index in [0.717, 1.165) is 36.8 Å². The average molecular weight is 489 g/mol. The molecule has 2 aromatic rings. The lowest BCUT2D eigenvalue weighted by atomic mass is 9.84. The molecule has 184 valence electrons. The van der Waals surface area contributed by atoms with Crippen molar-refractivity contribution >= 4 is 45.3 Å². The number of ketones is 1. The number of rotatable bonds is 11. The van der Waals surface area contributed by atoms with Crippen LogP contribution in [0.4, 0.5) is 4.79 Å². The summed E-state index contributed by atoms with van der Waals surface area (Å²) in [4.78, 5) is 42.2. The maximum Gasteiger partial charge on any atom is 0.405 e. The first-order valence-corrected chi connectivity index (χ1v) is 12.4. The van der Waals surface area contributed by atoms with E-state index in [1.807, 2.05) is 24.3 Å². The van der Waals surface area contributed by atoms with Crippen LogP contribution in [0.15, 0.2) is 24.3 Å². The number of aromatic nitrogens is 1. The second kappa shape index (κ2) is 12.3. The molecule has 1 heterocycles. The van der Waals surface area contributed by atoms with Crippen LogP contribution in [0.25, 0.3) is 10.2 Å². The van der Waals surface area contributed by atoms with E-state index in [0.29, 0.717) is 36.3 Å². The van der Waals surface area contributed by atoms with Crippen LogP contribution in [-0.2, 0) is 4.79 Å². The van der Waals surface area contributed by atoms with Gasteiger partial charge in [0.1, 0.15) is 6.04 Å². The molecule has 34 heavy (non-hydrogen) atoms. The quantitative estimate of drug-likeness (QED) is 0.122. The highest BCUT2D eigenvalue weighted by molar-refractivity contribution is 7.20. The number of nitrogens with one attached hydrogen (secondary N) is 4. The molecule has 1 fully saturated rings.